The summed E-state index contributed by atoms with van der Waals surface area (Å²) >= 11 is 5.61. The fourth-order valence-electron chi connectivity index (χ4n) is 4.20. The number of hydrogen-bond donors (Lipinski definition) is 3. The van der Waals surface area contributed by atoms with Gasteiger partial charge in [0.2, 0.25) is 0 Å². The molecule has 3 aliphatic carbocycles. The largest absolute Gasteiger partial charge is 0.484 e. The molecule has 8 nitrogen and oxygen atoms in total. The van der Waals surface area contributed by atoms with E-state index in [2.05, 4.69) is 16.1 Å². The second-order valence-corrected chi connectivity index (χ2v) is 8.08. The van der Waals surface area contributed by atoms with Gasteiger partial charge in [-0.25, -0.2) is 4.39 Å². The monoisotopic (exact) mass is 413 g/mol. The fraction of sp³-hybridized carbons (Fsp3) is 0.556. The molecule has 28 heavy (non-hydrogen) atoms. The van der Waals surface area contributed by atoms with Crippen LogP contribution in [0.15, 0.2) is 18.2 Å². The maximum Gasteiger partial charge on any atom is 0.258 e. The lowest BCUT2D eigenvalue weighted by molar-refractivity contribution is -0.156. The molecule has 2 unspecified atom stereocenters. The van der Waals surface area contributed by atoms with Crippen molar-refractivity contribution in [3.05, 3.63) is 29.0 Å². The average molecular weight is 414 g/mol. The highest BCUT2D eigenvalue weighted by molar-refractivity contribution is 6.30. The van der Waals surface area contributed by atoms with Gasteiger partial charge in [0.05, 0.1) is 5.02 Å². The van der Waals surface area contributed by atoms with E-state index in [1.807, 2.05) is 0 Å². The zero-order valence-electron chi connectivity index (χ0n) is 15.2. The van der Waals surface area contributed by atoms with Gasteiger partial charge < -0.3 is 20.1 Å². The van der Waals surface area contributed by atoms with Crippen LogP contribution in [0.3, 0.4) is 0 Å². The van der Waals surface area contributed by atoms with Crippen molar-refractivity contribution in [2.24, 2.45) is 0 Å². The number of carbonyl (C=O) groups excluding carboxylic acids is 2. The van der Waals surface area contributed by atoms with E-state index in [1.54, 1.807) is 7.11 Å². The number of benzene rings is 1. The first kappa shape index (κ1) is 19.4. The van der Waals surface area contributed by atoms with Crippen LogP contribution >= 0.6 is 11.6 Å². The Labute approximate surface area is 166 Å². The molecule has 2 amide bonds. The Morgan fingerprint density at radius 3 is 2.68 bits per heavy atom. The summed E-state index contributed by atoms with van der Waals surface area (Å²) in [5, 5.41) is 5.95. The summed E-state index contributed by atoms with van der Waals surface area (Å²) in [6, 6.07) is 4.00. The molecule has 1 heterocycles. The number of ether oxygens (including phenoxy) is 2. The molecular formula is C18H21ClFN3O5. The van der Waals surface area contributed by atoms with Gasteiger partial charge in [0, 0.05) is 30.7 Å². The van der Waals surface area contributed by atoms with Crippen LogP contribution in [0, 0.1) is 5.82 Å². The van der Waals surface area contributed by atoms with Crippen molar-refractivity contribution in [2.75, 3.05) is 13.7 Å². The SMILES string of the molecule is COC1CC(C(=O)NC23CC(NC(=O)COc4ccc(Cl)c(F)c4)(C2)C3)ON1. The Balaban J connectivity index is 1.19. The summed E-state index contributed by atoms with van der Waals surface area (Å²) in [5.41, 5.74) is 2.07. The van der Waals surface area contributed by atoms with Crippen molar-refractivity contribution in [3.8, 4) is 5.75 Å². The zero-order chi connectivity index (χ0) is 19.9. The number of amides is 2. The van der Waals surface area contributed by atoms with E-state index in [0.29, 0.717) is 25.7 Å². The van der Waals surface area contributed by atoms with Gasteiger partial charge in [-0.15, -0.1) is 0 Å². The topological polar surface area (TPSA) is 97.9 Å². The third kappa shape index (κ3) is 3.67. The molecule has 4 aliphatic rings. The van der Waals surface area contributed by atoms with Gasteiger partial charge in [0.15, 0.2) is 12.7 Å². The second kappa shape index (κ2) is 7.14. The molecule has 3 saturated carbocycles. The van der Waals surface area contributed by atoms with Crippen molar-refractivity contribution < 1.29 is 28.3 Å². The highest BCUT2D eigenvalue weighted by Crippen LogP contribution is 2.60. The number of methoxy groups -OCH3 is 1. The van der Waals surface area contributed by atoms with Crippen molar-refractivity contribution >= 4 is 23.4 Å². The van der Waals surface area contributed by atoms with E-state index < -0.39 is 11.9 Å². The predicted molar refractivity (Wildman–Crippen MR) is 95.9 cm³/mol. The van der Waals surface area contributed by atoms with Crippen molar-refractivity contribution in [1.82, 2.24) is 16.1 Å². The lowest BCUT2D eigenvalue weighted by atomic mass is 9.44. The lowest BCUT2D eigenvalue weighted by Crippen LogP contribution is -2.84. The first-order valence-corrected chi connectivity index (χ1v) is 9.35. The Morgan fingerprint density at radius 1 is 1.32 bits per heavy atom. The van der Waals surface area contributed by atoms with Gasteiger partial charge in [-0.05, 0) is 31.4 Å². The maximum absolute atomic E-state index is 13.4. The van der Waals surface area contributed by atoms with Crippen LogP contribution in [0.4, 0.5) is 4.39 Å². The summed E-state index contributed by atoms with van der Waals surface area (Å²) in [5.74, 6) is -0.839. The summed E-state index contributed by atoms with van der Waals surface area (Å²) < 4.78 is 23.8. The predicted octanol–water partition coefficient (Wildman–Crippen LogP) is 1.03. The number of nitrogens with one attached hydrogen (secondary N) is 3. The van der Waals surface area contributed by atoms with Crippen LogP contribution in [-0.4, -0.2) is 48.9 Å². The number of rotatable bonds is 7. The van der Waals surface area contributed by atoms with Crippen LogP contribution in [0.2, 0.25) is 5.02 Å². The van der Waals surface area contributed by atoms with Crippen molar-refractivity contribution in [3.63, 3.8) is 0 Å². The Morgan fingerprint density at radius 2 is 2.04 bits per heavy atom. The quantitative estimate of drug-likeness (QED) is 0.617. The summed E-state index contributed by atoms with van der Waals surface area (Å²) in [6.45, 7) is -0.220. The molecule has 3 N–H and O–H groups in total. The lowest BCUT2D eigenvalue weighted by Gasteiger charge is -2.70. The Hall–Kier alpha value is -1.94. The van der Waals surface area contributed by atoms with E-state index in [0.717, 1.165) is 6.07 Å². The highest BCUT2D eigenvalue weighted by Gasteiger charge is 2.69. The summed E-state index contributed by atoms with van der Waals surface area (Å²) in [4.78, 5) is 29.6. The molecule has 2 atom stereocenters. The van der Waals surface area contributed by atoms with E-state index in [1.165, 1.54) is 12.1 Å². The van der Waals surface area contributed by atoms with E-state index in [9.17, 15) is 14.0 Å². The third-order valence-corrected chi connectivity index (χ3v) is 5.74. The van der Waals surface area contributed by atoms with Crippen molar-refractivity contribution in [2.45, 2.75) is 49.1 Å². The van der Waals surface area contributed by atoms with E-state index >= 15 is 0 Å². The minimum absolute atomic E-state index is 0.00506. The smallest absolute Gasteiger partial charge is 0.258 e. The molecule has 5 rings (SSSR count). The van der Waals surface area contributed by atoms with Gasteiger partial charge in [-0.2, -0.15) is 5.48 Å². The zero-order valence-corrected chi connectivity index (χ0v) is 16.0. The van der Waals surface area contributed by atoms with Crippen molar-refractivity contribution in [1.29, 1.82) is 0 Å². The standard InChI is InChI=1S/C18H21ClFN3O5/c1-26-15-5-13(28-23-15)16(25)22-18-7-17(8-18,9-18)21-14(24)6-27-10-2-3-11(19)12(20)4-10/h2-4,13,15,23H,5-9H2,1H3,(H,21,24)(H,22,25). The van der Waals surface area contributed by atoms with Gasteiger partial charge in [-0.1, -0.05) is 11.6 Å². The molecule has 0 spiro atoms. The fourth-order valence-corrected chi connectivity index (χ4v) is 4.31. The number of carbonyl (C=O) groups is 2. The molecule has 2 bridgehead atoms. The molecule has 1 aromatic rings. The molecule has 152 valence electrons. The van der Waals surface area contributed by atoms with Gasteiger partial charge in [0.1, 0.15) is 17.8 Å². The molecular weight excluding hydrogens is 393 g/mol. The molecule has 0 radical (unpaired) electrons. The van der Waals surface area contributed by atoms with Gasteiger partial charge in [-0.3, -0.25) is 14.4 Å². The summed E-state index contributed by atoms with van der Waals surface area (Å²) in [6.07, 6.45) is 1.58. The average Bonchev–Trinajstić information content (AvgIpc) is 3.09. The minimum atomic E-state index is -0.602. The first-order valence-electron chi connectivity index (χ1n) is 8.97. The van der Waals surface area contributed by atoms with Gasteiger partial charge in [0.25, 0.3) is 11.8 Å². The third-order valence-electron chi connectivity index (χ3n) is 5.43. The molecule has 1 aliphatic heterocycles. The first-order chi connectivity index (χ1) is 13.3. The maximum atomic E-state index is 13.4. The number of hydroxylamine groups is 1. The van der Waals surface area contributed by atoms with E-state index in [-0.39, 0.29) is 46.5 Å². The molecule has 10 heteroatoms. The number of hydrogen-bond acceptors (Lipinski definition) is 6. The van der Waals surface area contributed by atoms with Crippen LogP contribution in [0.1, 0.15) is 25.7 Å². The molecule has 4 fully saturated rings. The van der Waals surface area contributed by atoms with Gasteiger partial charge >= 0.3 is 0 Å². The number of halogens is 2. The molecule has 1 saturated heterocycles. The van der Waals surface area contributed by atoms with Crippen LogP contribution < -0.4 is 20.9 Å². The van der Waals surface area contributed by atoms with Crippen LogP contribution in [0.25, 0.3) is 0 Å². The normalized spacial score (nSPS) is 32.8. The molecule has 0 aromatic heterocycles. The molecule has 1 aromatic carbocycles. The minimum Gasteiger partial charge on any atom is -0.484 e. The highest BCUT2D eigenvalue weighted by atomic mass is 35.5. The van der Waals surface area contributed by atoms with Crippen LogP contribution in [0.5, 0.6) is 5.75 Å². The van der Waals surface area contributed by atoms with Crippen LogP contribution in [-0.2, 0) is 19.2 Å². The Kier molecular flexibility index (Phi) is 4.95. The van der Waals surface area contributed by atoms with E-state index in [4.69, 9.17) is 25.9 Å². The summed E-state index contributed by atoms with van der Waals surface area (Å²) in [7, 11) is 1.54. The Bertz CT molecular complexity index is 788. The second-order valence-electron chi connectivity index (χ2n) is 7.68.